The zero-order valence-electron chi connectivity index (χ0n) is 29.5. The third kappa shape index (κ3) is 4.51. The molecule has 12 rings (SSSR count). The lowest BCUT2D eigenvalue weighted by Gasteiger charge is -2.12. The maximum atomic E-state index is 5.66. The van der Waals surface area contributed by atoms with E-state index in [1.54, 1.807) is 11.3 Å². The molecule has 0 saturated carbocycles. The monoisotopic (exact) mass is 718 g/mol. The van der Waals surface area contributed by atoms with Gasteiger partial charge < -0.3 is 4.57 Å². The number of benzene rings is 8. The van der Waals surface area contributed by atoms with Crippen LogP contribution in [0, 0.1) is 0 Å². The number of rotatable bonds is 4. The maximum Gasteiger partial charge on any atom is 0.162 e. The van der Waals surface area contributed by atoms with Crippen molar-refractivity contribution in [1.82, 2.24) is 19.1 Å². The molecule has 0 radical (unpaired) electrons. The van der Waals surface area contributed by atoms with Gasteiger partial charge in [-0.05, 0) is 76.5 Å². The molecule has 0 N–H and O–H groups in total. The van der Waals surface area contributed by atoms with Gasteiger partial charge in [0.2, 0.25) is 0 Å². The van der Waals surface area contributed by atoms with Crippen LogP contribution in [-0.4, -0.2) is 19.1 Å². The third-order valence-electron chi connectivity index (χ3n) is 11.1. The molecule has 4 heterocycles. The van der Waals surface area contributed by atoms with Crippen LogP contribution in [0.15, 0.2) is 182 Å². The fourth-order valence-corrected chi connectivity index (χ4v) is 9.76. The fourth-order valence-electron chi connectivity index (χ4n) is 8.66. The second-order valence-corrected chi connectivity index (χ2v) is 15.2. The molecule has 256 valence electrons. The summed E-state index contributed by atoms with van der Waals surface area (Å²) in [4.78, 5) is 11.2. The van der Waals surface area contributed by atoms with Gasteiger partial charge >= 0.3 is 0 Å². The SMILES string of the molecule is c1ccc(-c2ccc3sc4c(-n5c6ccccc6c6cc7ccccc7cc65)nc(-c5cccc6c5c5ccccc5n6-c5ccccc5)nc4c3c2)cc1. The summed E-state index contributed by atoms with van der Waals surface area (Å²) in [6.45, 7) is 0. The van der Waals surface area contributed by atoms with Crippen molar-refractivity contribution in [3.63, 3.8) is 0 Å². The van der Waals surface area contributed by atoms with E-state index < -0.39 is 0 Å². The summed E-state index contributed by atoms with van der Waals surface area (Å²) in [6, 6.07) is 65.3. The molecule has 0 fully saturated rings. The van der Waals surface area contributed by atoms with Crippen LogP contribution in [0.3, 0.4) is 0 Å². The highest BCUT2D eigenvalue weighted by molar-refractivity contribution is 7.26. The minimum absolute atomic E-state index is 0.709. The lowest BCUT2D eigenvalue weighted by atomic mass is 10.0. The van der Waals surface area contributed by atoms with Crippen LogP contribution in [0.1, 0.15) is 0 Å². The molecule has 55 heavy (non-hydrogen) atoms. The van der Waals surface area contributed by atoms with Crippen molar-refractivity contribution >= 4 is 86.0 Å². The summed E-state index contributed by atoms with van der Waals surface area (Å²) in [5.74, 6) is 1.60. The van der Waals surface area contributed by atoms with E-state index in [0.29, 0.717) is 5.82 Å². The van der Waals surface area contributed by atoms with E-state index in [4.69, 9.17) is 9.97 Å². The molecular weight excluding hydrogens is 689 g/mol. The molecule has 4 nitrogen and oxygen atoms in total. The summed E-state index contributed by atoms with van der Waals surface area (Å²) in [5, 5.41) is 8.30. The summed E-state index contributed by atoms with van der Waals surface area (Å²) in [6.07, 6.45) is 0. The van der Waals surface area contributed by atoms with Crippen molar-refractivity contribution in [2.75, 3.05) is 0 Å². The number of nitrogens with zero attached hydrogens (tertiary/aromatic N) is 4. The van der Waals surface area contributed by atoms with Crippen LogP contribution in [0.4, 0.5) is 0 Å². The highest BCUT2D eigenvalue weighted by atomic mass is 32.1. The Morgan fingerprint density at radius 2 is 1.09 bits per heavy atom. The molecule has 0 atom stereocenters. The molecule has 0 aliphatic rings. The second kappa shape index (κ2) is 11.7. The van der Waals surface area contributed by atoms with E-state index in [9.17, 15) is 0 Å². The minimum atomic E-state index is 0.709. The number of aromatic nitrogens is 4. The summed E-state index contributed by atoms with van der Waals surface area (Å²) < 4.78 is 7.00. The second-order valence-electron chi connectivity index (χ2n) is 14.2. The number of para-hydroxylation sites is 3. The van der Waals surface area contributed by atoms with Gasteiger partial charge in [0.25, 0.3) is 0 Å². The van der Waals surface area contributed by atoms with E-state index in [-0.39, 0.29) is 0 Å². The molecule has 0 aliphatic carbocycles. The zero-order chi connectivity index (χ0) is 36.0. The molecular formula is C50H30N4S. The van der Waals surface area contributed by atoms with Crippen molar-refractivity contribution < 1.29 is 0 Å². The first kappa shape index (κ1) is 30.4. The Balaban J connectivity index is 1.23. The van der Waals surface area contributed by atoms with E-state index in [0.717, 1.165) is 60.1 Å². The lowest BCUT2D eigenvalue weighted by Crippen LogP contribution is -2.02. The van der Waals surface area contributed by atoms with Crippen molar-refractivity contribution in [3.8, 4) is 34.0 Å². The normalized spacial score (nSPS) is 12.0. The quantitative estimate of drug-likeness (QED) is 0.182. The standard InChI is InChI=1S/C50H30N4S/c1-3-14-31(15-4-1)34-26-27-45-40(29-34)47-48(55-45)50(54-41-23-11-9-20-36(41)39-28-32-16-7-8-17-33(32)30-44(39)54)52-49(51-47)38-22-13-25-43-46(38)37-21-10-12-24-42(37)53(43)35-18-5-2-6-19-35/h1-30H. The number of fused-ring (bicyclic) bond motifs is 10. The van der Waals surface area contributed by atoms with Crippen LogP contribution in [0.25, 0.3) is 109 Å². The molecule has 8 aromatic carbocycles. The average molecular weight is 719 g/mol. The summed E-state index contributed by atoms with van der Waals surface area (Å²) in [5.41, 5.74) is 9.99. The molecule has 4 aromatic heterocycles. The predicted octanol–water partition coefficient (Wildman–Crippen LogP) is 13.5. The molecule has 12 aromatic rings. The summed E-state index contributed by atoms with van der Waals surface area (Å²) in [7, 11) is 0. The van der Waals surface area contributed by atoms with E-state index in [2.05, 4.69) is 191 Å². The van der Waals surface area contributed by atoms with E-state index in [1.807, 2.05) is 0 Å². The molecule has 0 saturated heterocycles. The Morgan fingerprint density at radius 3 is 1.91 bits per heavy atom. The number of hydrogen-bond donors (Lipinski definition) is 0. The van der Waals surface area contributed by atoms with Gasteiger partial charge in [-0.25, -0.2) is 9.97 Å². The van der Waals surface area contributed by atoms with Crippen LogP contribution >= 0.6 is 11.3 Å². The Hall–Kier alpha value is -7.08. The number of hydrogen-bond acceptors (Lipinski definition) is 3. The Labute approximate surface area is 319 Å². The van der Waals surface area contributed by atoms with Gasteiger partial charge in [0.1, 0.15) is 0 Å². The van der Waals surface area contributed by atoms with Crippen molar-refractivity contribution in [3.05, 3.63) is 182 Å². The van der Waals surface area contributed by atoms with Crippen molar-refractivity contribution in [1.29, 1.82) is 0 Å². The zero-order valence-corrected chi connectivity index (χ0v) is 30.3. The predicted molar refractivity (Wildman–Crippen MR) is 232 cm³/mol. The van der Waals surface area contributed by atoms with Gasteiger partial charge in [0, 0.05) is 42.9 Å². The highest BCUT2D eigenvalue weighted by Gasteiger charge is 2.23. The third-order valence-corrected chi connectivity index (χ3v) is 12.3. The highest BCUT2D eigenvalue weighted by Crippen LogP contribution is 2.44. The van der Waals surface area contributed by atoms with Gasteiger partial charge in [0.15, 0.2) is 11.6 Å². The molecule has 0 unspecified atom stereocenters. The minimum Gasteiger partial charge on any atom is -0.309 e. The van der Waals surface area contributed by atoms with E-state index in [1.165, 1.54) is 42.8 Å². The Morgan fingerprint density at radius 1 is 0.418 bits per heavy atom. The molecule has 0 aliphatic heterocycles. The van der Waals surface area contributed by atoms with Gasteiger partial charge in [0.05, 0.1) is 32.3 Å². The largest absolute Gasteiger partial charge is 0.309 e. The maximum absolute atomic E-state index is 5.66. The van der Waals surface area contributed by atoms with Crippen molar-refractivity contribution in [2.24, 2.45) is 0 Å². The van der Waals surface area contributed by atoms with Crippen LogP contribution in [-0.2, 0) is 0 Å². The Bertz CT molecular complexity index is 3480. The van der Waals surface area contributed by atoms with Crippen LogP contribution in [0.5, 0.6) is 0 Å². The topological polar surface area (TPSA) is 35.6 Å². The first-order valence-electron chi connectivity index (χ1n) is 18.6. The smallest absolute Gasteiger partial charge is 0.162 e. The first-order valence-corrected chi connectivity index (χ1v) is 19.4. The first-order chi connectivity index (χ1) is 27.3. The molecule has 0 bridgehead atoms. The van der Waals surface area contributed by atoms with Gasteiger partial charge in [-0.3, -0.25) is 4.57 Å². The van der Waals surface area contributed by atoms with Gasteiger partial charge in [-0.2, -0.15) is 0 Å². The average Bonchev–Trinajstić information content (AvgIpc) is 3.90. The van der Waals surface area contributed by atoms with E-state index >= 15 is 0 Å². The fraction of sp³-hybridized carbons (Fsp3) is 0. The molecule has 0 amide bonds. The van der Waals surface area contributed by atoms with Gasteiger partial charge in [-0.1, -0.05) is 127 Å². The number of thiophene rings is 1. The molecule has 0 spiro atoms. The molecule has 5 heteroatoms. The Kier molecular flexibility index (Phi) is 6.47. The summed E-state index contributed by atoms with van der Waals surface area (Å²) >= 11 is 1.77. The van der Waals surface area contributed by atoms with Gasteiger partial charge in [-0.15, -0.1) is 11.3 Å². The van der Waals surface area contributed by atoms with Crippen LogP contribution < -0.4 is 0 Å². The van der Waals surface area contributed by atoms with Crippen molar-refractivity contribution in [2.45, 2.75) is 0 Å². The van der Waals surface area contributed by atoms with Crippen LogP contribution in [0.2, 0.25) is 0 Å². The lowest BCUT2D eigenvalue weighted by molar-refractivity contribution is 1.08.